The summed E-state index contributed by atoms with van der Waals surface area (Å²) in [5, 5.41) is 13.9. The fraction of sp³-hybridized carbons (Fsp3) is 0.500. The van der Waals surface area contributed by atoms with E-state index in [4.69, 9.17) is 5.11 Å². The quantitative estimate of drug-likeness (QED) is 0.622. The molecular weight excluding hydrogens is 298 g/mol. The molecule has 1 aromatic heterocycles. The van der Waals surface area contributed by atoms with Crippen LogP contribution in [-0.2, 0) is 20.8 Å². The van der Waals surface area contributed by atoms with Crippen molar-refractivity contribution in [2.24, 2.45) is 5.92 Å². The maximum atomic E-state index is 11.7. The number of carboxylic acids is 1. The van der Waals surface area contributed by atoms with Crippen LogP contribution in [-0.4, -0.2) is 40.5 Å². The molecule has 1 aromatic rings. The van der Waals surface area contributed by atoms with E-state index in [0.29, 0.717) is 12.8 Å². The molecule has 3 N–H and O–H groups in total. The van der Waals surface area contributed by atoms with Crippen molar-refractivity contribution in [2.45, 2.75) is 39.2 Å². The number of rotatable bonds is 9. The highest BCUT2D eigenvalue weighted by molar-refractivity contribution is 5.87. The van der Waals surface area contributed by atoms with Crippen molar-refractivity contribution >= 4 is 17.8 Å². The number of hydrogen-bond acceptors (Lipinski definition) is 4. The molecule has 126 valence electrons. The minimum atomic E-state index is -1.08. The van der Waals surface area contributed by atoms with Gasteiger partial charge in [0.15, 0.2) is 0 Å². The lowest BCUT2D eigenvalue weighted by Gasteiger charge is -2.16. The summed E-state index contributed by atoms with van der Waals surface area (Å²) in [6.07, 6.45) is 2.70. The molecule has 0 fully saturated rings. The van der Waals surface area contributed by atoms with Gasteiger partial charge in [0.05, 0.1) is 6.54 Å². The predicted octanol–water partition coefficient (Wildman–Crippen LogP) is 0.746. The minimum absolute atomic E-state index is 0.143. The predicted molar refractivity (Wildman–Crippen MR) is 84.6 cm³/mol. The number of nitrogens with zero attached hydrogens (tertiary/aromatic N) is 1. The monoisotopic (exact) mass is 321 g/mol. The van der Waals surface area contributed by atoms with Crippen molar-refractivity contribution in [3.8, 4) is 0 Å². The third kappa shape index (κ3) is 7.94. The molecule has 0 bridgehead atoms. The number of aryl methyl sites for hydroxylation is 1. The van der Waals surface area contributed by atoms with Crippen molar-refractivity contribution in [3.05, 3.63) is 30.1 Å². The number of carbonyl (C=O) groups excluding carboxylic acids is 2. The van der Waals surface area contributed by atoms with Gasteiger partial charge >= 0.3 is 5.97 Å². The Kier molecular flexibility index (Phi) is 7.73. The van der Waals surface area contributed by atoms with Gasteiger partial charge in [-0.05, 0) is 30.9 Å². The van der Waals surface area contributed by atoms with Crippen LogP contribution >= 0.6 is 0 Å². The van der Waals surface area contributed by atoms with E-state index >= 15 is 0 Å². The molecule has 0 radical (unpaired) electrons. The first-order valence-electron chi connectivity index (χ1n) is 7.57. The van der Waals surface area contributed by atoms with Crippen LogP contribution in [0.1, 0.15) is 32.4 Å². The third-order valence-corrected chi connectivity index (χ3v) is 3.12. The molecule has 1 atom stereocenters. The average Bonchev–Trinajstić information content (AvgIpc) is 2.50. The summed E-state index contributed by atoms with van der Waals surface area (Å²) in [6, 6.07) is 4.52. The Morgan fingerprint density at radius 2 is 1.96 bits per heavy atom. The van der Waals surface area contributed by atoms with E-state index in [1.165, 1.54) is 0 Å². The molecule has 2 amide bonds. The van der Waals surface area contributed by atoms with Gasteiger partial charge in [-0.25, -0.2) is 4.79 Å². The fourth-order valence-corrected chi connectivity index (χ4v) is 1.99. The summed E-state index contributed by atoms with van der Waals surface area (Å²) >= 11 is 0. The van der Waals surface area contributed by atoms with E-state index in [0.717, 1.165) is 5.69 Å². The van der Waals surface area contributed by atoms with Gasteiger partial charge in [0.25, 0.3) is 0 Å². The molecule has 1 heterocycles. The molecule has 7 heteroatoms. The highest BCUT2D eigenvalue weighted by Gasteiger charge is 2.21. The van der Waals surface area contributed by atoms with Gasteiger partial charge in [-0.15, -0.1) is 0 Å². The molecule has 0 saturated heterocycles. The molecule has 0 saturated carbocycles. The Morgan fingerprint density at radius 1 is 1.22 bits per heavy atom. The van der Waals surface area contributed by atoms with Crippen molar-refractivity contribution in [2.75, 3.05) is 6.54 Å². The summed E-state index contributed by atoms with van der Waals surface area (Å²) < 4.78 is 0. The summed E-state index contributed by atoms with van der Waals surface area (Å²) in [7, 11) is 0. The van der Waals surface area contributed by atoms with Gasteiger partial charge < -0.3 is 15.7 Å². The van der Waals surface area contributed by atoms with Gasteiger partial charge in [-0.2, -0.15) is 0 Å². The Morgan fingerprint density at radius 3 is 2.52 bits per heavy atom. The molecule has 23 heavy (non-hydrogen) atoms. The second-order valence-corrected chi connectivity index (χ2v) is 5.69. The number of carboxylic acid groups (broad SMARTS) is 1. The Labute approximate surface area is 135 Å². The first-order valence-corrected chi connectivity index (χ1v) is 7.57. The second kappa shape index (κ2) is 9.55. The molecule has 1 rings (SSSR count). The average molecular weight is 321 g/mol. The first-order chi connectivity index (χ1) is 10.9. The summed E-state index contributed by atoms with van der Waals surface area (Å²) in [5.41, 5.74) is 0.801. The van der Waals surface area contributed by atoms with E-state index in [-0.39, 0.29) is 24.8 Å². The Bertz CT molecular complexity index is 531. The molecule has 0 aliphatic carbocycles. The number of hydrogen-bond donors (Lipinski definition) is 3. The summed E-state index contributed by atoms with van der Waals surface area (Å²) in [4.78, 5) is 38.6. The van der Waals surface area contributed by atoms with E-state index in [2.05, 4.69) is 15.6 Å². The van der Waals surface area contributed by atoms with Crippen molar-refractivity contribution < 1.29 is 19.5 Å². The lowest BCUT2D eigenvalue weighted by molar-refractivity contribution is -0.142. The van der Waals surface area contributed by atoms with Crippen molar-refractivity contribution in [1.82, 2.24) is 15.6 Å². The summed E-state index contributed by atoms with van der Waals surface area (Å²) in [6.45, 7) is 3.52. The SMILES string of the molecule is CC(C)C[C@H](NC(=O)CNC(=O)CCc1ccccn1)C(=O)O. The lowest BCUT2D eigenvalue weighted by atomic mass is 10.0. The van der Waals surface area contributed by atoms with Crippen LogP contribution in [0.25, 0.3) is 0 Å². The zero-order valence-electron chi connectivity index (χ0n) is 13.4. The van der Waals surface area contributed by atoms with Gasteiger partial charge in [-0.3, -0.25) is 14.6 Å². The first kappa shape index (κ1) is 18.6. The molecular formula is C16H23N3O4. The largest absolute Gasteiger partial charge is 0.480 e. The van der Waals surface area contributed by atoms with E-state index in [1.807, 2.05) is 26.0 Å². The number of pyridine rings is 1. The third-order valence-electron chi connectivity index (χ3n) is 3.12. The van der Waals surface area contributed by atoms with Gasteiger partial charge in [0.1, 0.15) is 6.04 Å². The van der Waals surface area contributed by atoms with E-state index < -0.39 is 17.9 Å². The van der Waals surface area contributed by atoms with Gasteiger partial charge in [-0.1, -0.05) is 19.9 Å². The molecule has 0 aliphatic heterocycles. The van der Waals surface area contributed by atoms with Gasteiger partial charge in [0.2, 0.25) is 11.8 Å². The van der Waals surface area contributed by atoms with Crippen LogP contribution in [0, 0.1) is 5.92 Å². The number of carbonyl (C=O) groups is 3. The summed E-state index contributed by atoms with van der Waals surface area (Å²) in [5.74, 6) is -1.72. The number of nitrogens with one attached hydrogen (secondary N) is 2. The van der Waals surface area contributed by atoms with Crippen LogP contribution in [0.3, 0.4) is 0 Å². The van der Waals surface area contributed by atoms with Crippen LogP contribution in [0.5, 0.6) is 0 Å². The fourth-order valence-electron chi connectivity index (χ4n) is 1.99. The Hall–Kier alpha value is -2.44. The van der Waals surface area contributed by atoms with Crippen molar-refractivity contribution in [1.29, 1.82) is 0 Å². The van der Waals surface area contributed by atoms with Crippen LogP contribution in [0.2, 0.25) is 0 Å². The molecule has 0 aromatic carbocycles. The Balaban J connectivity index is 2.31. The smallest absolute Gasteiger partial charge is 0.326 e. The van der Waals surface area contributed by atoms with Gasteiger partial charge in [0, 0.05) is 18.3 Å². The lowest BCUT2D eigenvalue weighted by Crippen LogP contribution is -2.46. The molecule has 0 unspecified atom stereocenters. The highest BCUT2D eigenvalue weighted by Crippen LogP contribution is 2.04. The zero-order chi connectivity index (χ0) is 17.2. The molecule has 0 spiro atoms. The maximum absolute atomic E-state index is 11.7. The highest BCUT2D eigenvalue weighted by atomic mass is 16.4. The molecule has 0 aliphatic rings. The van der Waals surface area contributed by atoms with Crippen LogP contribution in [0.15, 0.2) is 24.4 Å². The minimum Gasteiger partial charge on any atom is -0.480 e. The van der Waals surface area contributed by atoms with Crippen molar-refractivity contribution in [3.63, 3.8) is 0 Å². The normalized spacial score (nSPS) is 11.8. The van der Waals surface area contributed by atoms with Crippen LogP contribution < -0.4 is 10.6 Å². The van der Waals surface area contributed by atoms with E-state index in [9.17, 15) is 14.4 Å². The number of aromatic nitrogens is 1. The molecule has 7 nitrogen and oxygen atoms in total. The zero-order valence-corrected chi connectivity index (χ0v) is 13.4. The van der Waals surface area contributed by atoms with E-state index in [1.54, 1.807) is 12.3 Å². The topological polar surface area (TPSA) is 108 Å². The number of aliphatic carboxylic acids is 1. The standard InChI is InChI=1S/C16H23N3O4/c1-11(2)9-13(16(22)23)19-15(21)10-18-14(20)7-6-12-5-3-4-8-17-12/h3-5,8,11,13H,6-7,9-10H2,1-2H3,(H,18,20)(H,19,21)(H,22,23)/t13-/m0/s1. The number of amides is 2. The maximum Gasteiger partial charge on any atom is 0.326 e. The van der Waals surface area contributed by atoms with Crippen LogP contribution in [0.4, 0.5) is 0 Å². The second-order valence-electron chi connectivity index (χ2n) is 5.69.